The number of hydrogen-bond donors (Lipinski definition) is 1. The molecule has 0 unspecified atom stereocenters. The van der Waals surface area contributed by atoms with E-state index in [1.165, 1.54) is 12.8 Å². The molecule has 0 aromatic carbocycles. The number of aromatic nitrogens is 3. The van der Waals surface area contributed by atoms with Gasteiger partial charge in [0, 0.05) is 30.0 Å². The third-order valence-electron chi connectivity index (χ3n) is 3.32. The maximum absolute atomic E-state index is 14.5. The Morgan fingerprint density at radius 3 is 2.84 bits per heavy atom. The molecule has 2 aromatic rings. The summed E-state index contributed by atoms with van der Waals surface area (Å²) in [5, 5.41) is 7.60. The lowest BCUT2D eigenvalue weighted by molar-refractivity contribution is 0.564. The smallest absolute Gasteiger partial charge is 0.190 e. The van der Waals surface area contributed by atoms with E-state index >= 15 is 0 Å². The number of aryl methyl sites for hydroxylation is 2. The first-order chi connectivity index (χ1) is 9.15. The molecule has 5 heteroatoms. The van der Waals surface area contributed by atoms with Gasteiger partial charge in [-0.25, -0.2) is 14.1 Å². The zero-order chi connectivity index (χ0) is 13.4. The molecule has 0 bridgehead atoms. The van der Waals surface area contributed by atoms with Crippen LogP contribution in [0, 0.1) is 19.7 Å². The summed E-state index contributed by atoms with van der Waals surface area (Å²) in [5.41, 5.74) is 2.39. The van der Waals surface area contributed by atoms with Crippen LogP contribution in [0.15, 0.2) is 18.3 Å². The van der Waals surface area contributed by atoms with Crippen LogP contribution in [0.3, 0.4) is 0 Å². The fourth-order valence-corrected chi connectivity index (χ4v) is 2.14. The van der Waals surface area contributed by atoms with E-state index < -0.39 is 0 Å². The topological polar surface area (TPSA) is 42.7 Å². The van der Waals surface area contributed by atoms with E-state index in [4.69, 9.17) is 0 Å². The quantitative estimate of drug-likeness (QED) is 0.917. The van der Waals surface area contributed by atoms with E-state index in [-0.39, 0.29) is 11.6 Å². The summed E-state index contributed by atoms with van der Waals surface area (Å²) in [4.78, 5) is 4.12. The highest BCUT2D eigenvalue weighted by atomic mass is 19.1. The first-order valence-electron chi connectivity index (χ1n) is 6.55. The molecule has 0 aliphatic heterocycles. The van der Waals surface area contributed by atoms with Crippen molar-refractivity contribution >= 4 is 0 Å². The number of nitrogens with one attached hydrogen (secondary N) is 1. The second-order valence-corrected chi connectivity index (χ2v) is 5.10. The Hall–Kier alpha value is -1.75. The third kappa shape index (κ3) is 2.51. The van der Waals surface area contributed by atoms with E-state index in [2.05, 4.69) is 15.4 Å². The molecule has 0 amide bonds. The maximum atomic E-state index is 14.5. The standard InChI is InChI=1S/C14H17FN4/c1-9-7-10(2)19(18-9)14-13(15)11(5-6-16-14)8-17-12-3-4-12/h5-7,12,17H,3-4,8H2,1-2H3. The maximum Gasteiger partial charge on any atom is 0.190 e. The van der Waals surface area contributed by atoms with Crippen molar-refractivity contribution in [2.24, 2.45) is 0 Å². The number of nitrogens with zero attached hydrogens (tertiary/aromatic N) is 3. The van der Waals surface area contributed by atoms with E-state index in [0.717, 1.165) is 11.4 Å². The van der Waals surface area contributed by atoms with E-state index in [9.17, 15) is 4.39 Å². The van der Waals surface area contributed by atoms with Gasteiger partial charge in [-0.2, -0.15) is 5.10 Å². The monoisotopic (exact) mass is 260 g/mol. The van der Waals surface area contributed by atoms with Gasteiger partial charge in [0.25, 0.3) is 0 Å². The minimum Gasteiger partial charge on any atom is -0.310 e. The minimum absolute atomic E-state index is 0.278. The lowest BCUT2D eigenvalue weighted by Crippen LogP contribution is -2.17. The summed E-state index contributed by atoms with van der Waals surface area (Å²) < 4.78 is 16.0. The summed E-state index contributed by atoms with van der Waals surface area (Å²) in [6.45, 7) is 4.33. The van der Waals surface area contributed by atoms with E-state index in [1.54, 1.807) is 16.9 Å². The van der Waals surface area contributed by atoms with Gasteiger partial charge in [-0.3, -0.25) is 0 Å². The normalized spacial score (nSPS) is 14.9. The molecule has 1 saturated carbocycles. The van der Waals surface area contributed by atoms with Crippen LogP contribution in [0.25, 0.3) is 5.82 Å². The summed E-state index contributed by atoms with van der Waals surface area (Å²) in [6.07, 6.45) is 4.02. The Kier molecular flexibility index (Phi) is 3.06. The molecule has 1 N–H and O–H groups in total. The molecule has 100 valence electrons. The van der Waals surface area contributed by atoms with Crippen molar-refractivity contribution in [2.45, 2.75) is 39.3 Å². The third-order valence-corrected chi connectivity index (χ3v) is 3.32. The van der Waals surface area contributed by atoms with Gasteiger partial charge in [-0.05, 0) is 38.8 Å². The van der Waals surface area contributed by atoms with Crippen molar-refractivity contribution in [2.75, 3.05) is 0 Å². The highest BCUT2D eigenvalue weighted by Gasteiger charge is 2.21. The van der Waals surface area contributed by atoms with Gasteiger partial charge in [-0.1, -0.05) is 0 Å². The largest absolute Gasteiger partial charge is 0.310 e. The van der Waals surface area contributed by atoms with Gasteiger partial charge in [0.05, 0.1) is 5.69 Å². The van der Waals surface area contributed by atoms with Crippen LogP contribution in [-0.2, 0) is 6.54 Å². The number of rotatable bonds is 4. The lowest BCUT2D eigenvalue weighted by atomic mass is 10.2. The van der Waals surface area contributed by atoms with Gasteiger partial charge in [0.15, 0.2) is 11.6 Å². The average molecular weight is 260 g/mol. The molecular weight excluding hydrogens is 243 g/mol. The van der Waals surface area contributed by atoms with Gasteiger partial charge in [0.2, 0.25) is 0 Å². The van der Waals surface area contributed by atoms with Crippen LogP contribution < -0.4 is 5.32 Å². The molecule has 0 atom stereocenters. The molecular formula is C14H17FN4. The van der Waals surface area contributed by atoms with Crippen molar-refractivity contribution < 1.29 is 4.39 Å². The molecule has 2 aromatic heterocycles. The van der Waals surface area contributed by atoms with Crippen LogP contribution in [0.4, 0.5) is 4.39 Å². The molecule has 4 nitrogen and oxygen atoms in total. The Morgan fingerprint density at radius 1 is 1.42 bits per heavy atom. The Balaban J connectivity index is 1.92. The van der Waals surface area contributed by atoms with Crippen LogP contribution >= 0.6 is 0 Å². The van der Waals surface area contributed by atoms with E-state index in [1.807, 2.05) is 19.9 Å². The Bertz CT molecular complexity index is 601. The predicted octanol–water partition coefficient (Wildman–Crippen LogP) is 2.28. The Morgan fingerprint density at radius 2 is 2.21 bits per heavy atom. The lowest BCUT2D eigenvalue weighted by Gasteiger charge is -2.09. The summed E-state index contributed by atoms with van der Waals surface area (Å²) in [5.74, 6) is -0.0115. The minimum atomic E-state index is -0.290. The van der Waals surface area contributed by atoms with Gasteiger partial charge < -0.3 is 5.32 Å². The van der Waals surface area contributed by atoms with Gasteiger partial charge >= 0.3 is 0 Å². The van der Waals surface area contributed by atoms with E-state index in [0.29, 0.717) is 18.2 Å². The molecule has 3 rings (SSSR count). The first kappa shape index (κ1) is 12.3. The molecule has 1 aliphatic rings. The molecule has 0 spiro atoms. The predicted molar refractivity (Wildman–Crippen MR) is 70.7 cm³/mol. The van der Waals surface area contributed by atoms with Crippen LogP contribution in [0.2, 0.25) is 0 Å². The number of pyridine rings is 1. The molecule has 1 aliphatic carbocycles. The molecule has 1 fully saturated rings. The van der Waals surface area contributed by atoms with Crippen LogP contribution in [0.5, 0.6) is 0 Å². The van der Waals surface area contributed by atoms with Crippen molar-refractivity contribution in [3.63, 3.8) is 0 Å². The first-order valence-corrected chi connectivity index (χ1v) is 6.55. The molecule has 2 heterocycles. The second-order valence-electron chi connectivity index (χ2n) is 5.10. The summed E-state index contributed by atoms with van der Waals surface area (Å²) in [6, 6.07) is 4.19. The van der Waals surface area contributed by atoms with Crippen LogP contribution in [-0.4, -0.2) is 20.8 Å². The fraction of sp³-hybridized carbons (Fsp3) is 0.429. The number of hydrogen-bond acceptors (Lipinski definition) is 3. The van der Waals surface area contributed by atoms with Crippen molar-refractivity contribution in [3.05, 3.63) is 41.1 Å². The zero-order valence-corrected chi connectivity index (χ0v) is 11.2. The van der Waals surface area contributed by atoms with Gasteiger partial charge in [-0.15, -0.1) is 0 Å². The SMILES string of the molecule is Cc1cc(C)n(-c2nccc(CNC3CC3)c2F)n1. The summed E-state index contributed by atoms with van der Waals surface area (Å²) in [7, 11) is 0. The van der Waals surface area contributed by atoms with Crippen LogP contribution in [0.1, 0.15) is 29.8 Å². The highest BCUT2D eigenvalue weighted by Crippen LogP contribution is 2.21. The second kappa shape index (κ2) is 4.74. The Labute approximate surface area is 111 Å². The number of halogens is 1. The molecule has 0 saturated heterocycles. The highest BCUT2D eigenvalue weighted by molar-refractivity contribution is 5.32. The molecule has 0 radical (unpaired) electrons. The van der Waals surface area contributed by atoms with Gasteiger partial charge in [0.1, 0.15) is 0 Å². The zero-order valence-electron chi connectivity index (χ0n) is 11.2. The summed E-state index contributed by atoms with van der Waals surface area (Å²) >= 11 is 0. The van der Waals surface area contributed by atoms with Crippen molar-refractivity contribution in [1.29, 1.82) is 0 Å². The fourth-order valence-electron chi connectivity index (χ4n) is 2.14. The van der Waals surface area contributed by atoms with Crippen molar-refractivity contribution in [3.8, 4) is 5.82 Å². The average Bonchev–Trinajstić information content (AvgIpc) is 3.13. The van der Waals surface area contributed by atoms with Crippen molar-refractivity contribution in [1.82, 2.24) is 20.1 Å². The molecule has 19 heavy (non-hydrogen) atoms.